The highest BCUT2D eigenvalue weighted by Crippen LogP contribution is 2.44. The van der Waals surface area contributed by atoms with Gasteiger partial charge < -0.3 is 15.0 Å². The summed E-state index contributed by atoms with van der Waals surface area (Å²) in [5.41, 5.74) is -0.414. The van der Waals surface area contributed by atoms with Crippen molar-refractivity contribution >= 4 is 6.09 Å². The molecule has 0 aromatic carbocycles. The molecule has 0 aromatic rings. The van der Waals surface area contributed by atoms with Crippen LogP contribution in [-0.4, -0.2) is 42.3 Å². The van der Waals surface area contributed by atoms with E-state index >= 15 is 0 Å². The van der Waals surface area contributed by atoms with Crippen LogP contribution in [0, 0.1) is 11.8 Å². The van der Waals surface area contributed by atoms with Gasteiger partial charge in [-0.3, -0.25) is 0 Å². The minimum absolute atomic E-state index is 0.199. The van der Waals surface area contributed by atoms with E-state index in [0.717, 1.165) is 24.9 Å². The normalized spacial score (nSPS) is 28.7. The van der Waals surface area contributed by atoms with E-state index < -0.39 is 5.60 Å². The lowest BCUT2D eigenvalue weighted by molar-refractivity contribution is 0.0260. The number of likely N-dealkylation sites (N-methyl/N-ethyl adjacent to an activating group) is 1. The van der Waals surface area contributed by atoms with Crippen LogP contribution in [0.3, 0.4) is 0 Å². The van der Waals surface area contributed by atoms with Crippen molar-refractivity contribution in [3.8, 4) is 0 Å². The molecule has 2 saturated carbocycles. The van der Waals surface area contributed by atoms with Crippen LogP contribution in [0.5, 0.6) is 0 Å². The lowest BCUT2D eigenvalue weighted by Gasteiger charge is -2.28. The van der Waals surface area contributed by atoms with E-state index in [1.54, 1.807) is 4.90 Å². The number of carbonyl (C=O) groups is 1. The van der Waals surface area contributed by atoms with Crippen molar-refractivity contribution < 1.29 is 9.53 Å². The van der Waals surface area contributed by atoms with E-state index in [-0.39, 0.29) is 6.09 Å². The molecule has 0 saturated heterocycles. The highest BCUT2D eigenvalue weighted by molar-refractivity contribution is 5.68. The number of carbonyl (C=O) groups excluding carboxylic acids is 1. The molecule has 4 nitrogen and oxygen atoms in total. The molecule has 0 spiro atoms. The summed E-state index contributed by atoms with van der Waals surface area (Å²) < 4.78 is 5.42. The Labute approximate surface area is 123 Å². The fourth-order valence-electron chi connectivity index (χ4n) is 3.58. The van der Waals surface area contributed by atoms with Crippen molar-refractivity contribution in [2.75, 3.05) is 19.6 Å². The van der Waals surface area contributed by atoms with E-state index in [1.165, 1.54) is 25.7 Å². The number of hydrogen-bond donors (Lipinski definition) is 1. The molecule has 20 heavy (non-hydrogen) atoms. The number of nitrogens with one attached hydrogen (secondary N) is 1. The Bertz CT molecular complexity index is 338. The number of fused-ring (bicyclic) bond motifs is 2. The van der Waals surface area contributed by atoms with Crippen molar-refractivity contribution in [2.45, 2.75) is 65.0 Å². The van der Waals surface area contributed by atoms with Gasteiger partial charge in [-0.05, 0) is 58.8 Å². The minimum atomic E-state index is -0.414. The molecule has 2 rings (SSSR count). The predicted molar refractivity (Wildman–Crippen MR) is 80.7 cm³/mol. The van der Waals surface area contributed by atoms with Gasteiger partial charge in [0.05, 0.1) is 0 Å². The third kappa shape index (κ3) is 4.11. The van der Waals surface area contributed by atoms with Crippen LogP contribution in [0.4, 0.5) is 4.79 Å². The second kappa shape index (κ2) is 6.33. The van der Waals surface area contributed by atoms with E-state index in [2.05, 4.69) is 5.32 Å². The summed E-state index contributed by atoms with van der Waals surface area (Å²) in [7, 11) is 0. The number of nitrogens with zero attached hydrogens (tertiary/aromatic N) is 1. The van der Waals surface area contributed by atoms with Crippen LogP contribution in [0.25, 0.3) is 0 Å². The molecule has 4 heteroatoms. The first-order valence-corrected chi connectivity index (χ1v) is 8.10. The summed E-state index contributed by atoms with van der Waals surface area (Å²) in [5, 5.41) is 3.65. The van der Waals surface area contributed by atoms with Crippen molar-refractivity contribution in [2.24, 2.45) is 11.8 Å². The van der Waals surface area contributed by atoms with Gasteiger partial charge in [-0.2, -0.15) is 0 Å². The number of hydrogen-bond acceptors (Lipinski definition) is 3. The zero-order chi connectivity index (χ0) is 14.8. The fraction of sp³-hybridized carbons (Fsp3) is 0.938. The summed E-state index contributed by atoms with van der Waals surface area (Å²) in [4.78, 5) is 13.8. The van der Waals surface area contributed by atoms with E-state index in [0.29, 0.717) is 12.6 Å². The predicted octanol–water partition coefficient (Wildman–Crippen LogP) is 3.02. The number of ether oxygens (including phenoxy) is 1. The second-order valence-electron chi connectivity index (χ2n) is 7.30. The number of amides is 1. The van der Waals surface area contributed by atoms with Gasteiger partial charge >= 0.3 is 6.09 Å². The first-order valence-electron chi connectivity index (χ1n) is 8.10. The zero-order valence-electron chi connectivity index (χ0n) is 13.4. The topological polar surface area (TPSA) is 41.6 Å². The van der Waals surface area contributed by atoms with Crippen LogP contribution < -0.4 is 5.32 Å². The van der Waals surface area contributed by atoms with Crippen molar-refractivity contribution in [1.82, 2.24) is 10.2 Å². The van der Waals surface area contributed by atoms with Gasteiger partial charge in [-0.15, -0.1) is 0 Å². The molecule has 2 fully saturated rings. The maximum Gasteiger partial charge on any atom is 0.410 e. The molecule has 1 amide bonds. The average Bonchev–Trinajstić information content (AvgIpc) is 2.94. The summed E-state index contributed by atoms with van der Waals surface area (Å²) >= 11 is 0. The molecule has 0 aromatic heterocycles. The largest absolute Gasteiger partial charge is 0.444 e. The van der Waals surface area contributed by atoms with Crippen molar-refractivity contribution in [3.05, 3.63) is 0 Å². The SMILES string of the molecule is CCN(CCNC1CC2CCC1C2)C(=O)OC(C)(C)C. The molecule has 3 unspecified atom stereocenters. The van der Waals surface area contributed by atoms with Gasteiger partial charge in [-0.1, -0.05) is 6.42 Å². The highest BCUT2D eigenvalue weighted by atomic mass is 16.6. The van der Waals surface area contributed by atoms with Gasteiger partial charge in [0.25, 0.3) is 0 Å². The molecule has 3 atom stereocenters. The molecule has 0 aliphatic heterocycles. The van der Waals surface area contributed by atoms with Gasteiger partial charge in [0.2, 0.25) is 0 Å². The van der Waals surface area contributed by atoms with Crippen LogP contribution in [0.15, 0.2) is 0 Å². The Hall–Kier alpha value is -0.770. The molecular weight excluding hydrogens is 252 g/mol. The second-order valence-corrected chi connectivity index (χ2v) is 7.30. The summed E-state index contributed by atoms with van der Waals surface area (Å²) in [6.45, 7) is 10.0. The van der Waals surface area contributed by atoms with Crippen molar-refractivity contribution in [3.63, 3.8) is 0 Å². The minimum Gasteiger partial charge on any atom is -0.444 e. The van der Waals surface area contributed by atoms with E-state index in [1.807, 2.05) is 27.7 Å². The Morgan fingerprint density at radius 3 is 2.55 bits per heavy atom. The fourth-order valence-corrected chi connectivity index (χ4v) is 3.58. The molecule has 116 valence electrons. The van der Waals surface area contributed by atoms with Gasteiger partial charge in [0.15, 0.2) is 0 Å². The molecule has 2 bridgehead atoms. The van der Waals surface area contributed by atoms with Crippen LogP contribution >= 0.6 is 0 Å². The Balaban J connectivity index is 1.70. The summed E-state index contributed by atoms with van der Waals surface area (Å²) in [6.07, 6.45) is 5.38. The van der Waals surface area contributed by atoms with Crippen molar-refractivity contribution in [1.29, 1.82) is 0 Å². The lowest BCUT2D eigenvalue weighted by Crippen LogP contribution is -2.43. The molecular formula is C16H30N2O2. The molecule has 0 heterocycles. The van der Waals surface area contributed by atoms with Crippen LogP contribution in [0.1, 0.15) is 53.4 Å². The van der Waals surface area contributed by atoms with Crippen LogP contribution in [-0.2, 0) is 4.74 Å². The van der Waals surface area contributed by atoms with E-state index in [4.69, 9.17) is 4.74 Å². The molecule has 2 aliphatic rings. The van der Waals surface area contributed by atoms with Gasteiger partial charge in [0.1, 0.15) is 5.60 Å². The summed E-state index contributed by atoms with van der Waals surface area (Å²) in [6, 6.07) is 0.686. The van der Waals surface area contributed by atoms with Gasteiger partial charge in [-0.25, -0.2) is 4.79 Å². The highest BCUT2D eigenvalue weighted by Gasteiger charge is 2.39. The first kappa shape index (κ1) is 15.6. The third-order valence-corrected chi connectivity index (χ3v) is 4.56. The maximum absolute atomic E-state index is 12.0. The Kier molecular flexibility index (Phi) is 4.95. The van der Waals surface area contributed by atoms with Crippen LogP contribution in [0.2, 0.25) is 0 Å². The molecule has 2 aliphatic carbocycles. The smallest absolute Gasteiger partial charge is 0.410 e. The maximum atomic E-state index is 12.0. The zero-order valence-corrected chi connectivity index (χ0v) is 13.4. The summed E-state index contributed by atoms with van der Waals surface area (Å²) in [5.74, 6) is 1.85. The first-order chi connectivity index (χ1) is 9.39. The Morgan fingerprint density at radius 1 is 1.30 bits per heavy atom. The van der Waals surface area contributed by atoms with Gasteiger partial charge in [0, 0.05) is 25.7 Å². The quantitative estimate of drug-likeness (QED) is 0.842. The number of rotatable bonds is 5. The third-order valence-electron chi connectivity index (χ3n) is 4.56. The Morgan fingerprint density at radius 2 is 2.05 bits per heavy atom. The molecule has 0 radical (unpaired) electrons. The van der Waals surface area contributed by atoms with E-state index in [9.17, 15) is 4.79 Å². The average molecular weight is 282 g/mol. The monoisotopic (exact) mass is 282 g/mol. The standard InChI is InChI=1S/C16H30N2O2/c1-5-18(15(19)20-16(2,3)4)9-8-17-14-11-12-6-7-13(14)10-12/h12-14,17H,5-11H2,1-4H3. The lowest BCUT2D eigenvalue weighted by atomic mass is 9.95. The molecule has 1 N–H and O–H groups in total.